The quantitative estimate of drug-likeness (QED) is 0.829. The van der Waals surface area contributed by atoms with Crippen LogP contribution in [0.4, 0.5) is 5.69 Å². The van der Waals surface area contributed by atoms with Crippen molar-refractivity contribution in [3.8, 4) is 5.75 Å². The van der Waals surface area contributed by atoms with Crippen molar-refractivity contribution in [2.45, 2.75) is 18.7 Å². The fraction of sp³-hybridized carbons (Fsp3) is 0.316. The number of amides is 1. The lowest BCUT2D eigenvalue weighted by Gasteiger charge is -2.29. The molecule has 23 heavy (non-hydrogen) atoms. The first kappa shape index (κ1) is 15.9. The second-order valence-electron chi connectivity index (χ2n) is 6.00. The number of fused-ring (bicyclic) bond motifs is 1. The molecule has 0 N–H and O–H groups in total. The van der Waals surface area contributed by atoms with Crippen molar-refractivity contribution in [3.05, 3.63) is 54.1 Å². The van der Waals surface area contributed by atoms with Crippen molar-refractivity contribution >= 4 is 23.4 Å². The lowest BCUT2D eigenvalue weighted by Crippen LogP contribution is -2.35. The lowest BCUT2D eigenvalue weighted by molar-refractivity contribution is 0.0987. The Labute approximate surface area is 141 Å². The number of para-hydroxylation sites is 1. The van der Waals surface area contributed by atoms with E-state index in [-0.39, 0.29) is 5.91 Å². The molecule has 2 aromatic rings. The fourth-order valence-corrected chi connectivity index (χ4v) is 3.49. The number of benzene rings is 2. The van der Waals surface area contributed by atoms with Gasteiger partial charge in [0.05, 0.1) is 12.3 Å². The van der Waals surface area contributed by atoms with Gasteiger partial charge in [0.2, 0.25) is 0 Å². The lowest BCUT2D eigenvalue weighted by atomic mass is 10.1. The number of carbonyl (C=O) groups is 1. The Bertz CT molecular complexity index is 682. The van der Waals surface area contributed by atoms with Crippen molar-refractivity contribution in [2.24, 2.45) is 5.92 Å². The SMILES string of the molecule is CC(C)COc1ccc(C(=O)N2CCSc3ccccc32)cc1. The molecule has 1 aliphatic rings. The zero-order valence-electron chi connectivity index (χ0n) is 13.5. The van der Waals surface area contributed by atoms with Gasteiger partial charge in [-0.15, -0.1) is 11.8 Å². The van der Waals surface area contributed by atoms with Crippen LogP contribution in [0.3, 0.4) is 0 Å². The van der Waals surface area contributed by atoms with Gasteiger partial charge in [0.25, 0.3) is 5.91 Å². The molecule has 0 aliphatic carbocycles. The Morgan fingerprint density at radius 1 is 1.17 bits per heavy atom. The Hall–Kier alpha value is -1.94. The van der Waals surface area contributed by atoms with Crippen molar-refractivity contribution in [1.82, 2.24) is 0 Å². The van der Waals surface area contributed by atoms with E-state index in [1.54, 1.807) is 11.8 Å². The highest BCUT2D eigenvalue weighted by Crippen LogP contribution is 2.35. The van der Waals surface area contributed by atoms with Gasteiger partial charge in [-0.2, -0.15) is 0 Å². The van der Waals surface area contributed by atoms with Crippen LogP contribution in [0.25, 0.3) is 0 Å². The zero-order valence-corrected chi connectivity index (χ0v) is 14.3. The first-order valence-corrected chi connectivity index (χ1v) is 8.90. The maximum atomic E-state index is 12.8. The summed E-state index contributed by atoms with van der Waals surface area (Å²) >= 11 is 1.80. The van der Waals surface area contributed by atoms with Crippen molar-refractivity contribution < 1.29 is 9.53 Å². The highest BCUT2D eigenvalue weighted by Gasteiger charge is 2.23. The topological polar surface area (TPSA) is 29.5 Å². The van der Waals surface area contributed by atoms with E-state index >= 15 is 0 Å². The van der Waals surface area contributed by atoms with Crippen molar-refractivity contribution in [1.29, 1.82) is 0 Å². The summed E-state index contributed by atoms with van der Waals surface area (Å²) in [6.07, 6.45) is 0. The first-order chi connectivity index (χ1) is 11.1. The molecular weight excluding hydrogens is 306 g/mol. The Kier molecular flexibility index (Phi) is 4.91. The summed E-state index contributed by atoms with van der Waals surface area (Å²) in [6.45, 7) is 5.66. The summed E-state index contributed by atoms with van der Waals surface area (Å²) in [7, 11) is 0. The maximum absolute atomic E-state index is 12.8. The van der Waals surface area contributed by atoms with Crippen LogP contribution < -0.4 is 9.64 Å². The first-order valence-electron chi connectivity index (χ1n) is 7.91. The molecule has 0 saturated carbocycles. The number of anilines is 1. The van der Waals surface area contributed by atoms with Crippen LogP contribution in [0.1, 0.15) is 24.2 Å². The maximum Gasteiger partial charge on any atom is 0.258 e. The van der Waals surface area contributed by atoms with Crippen LogP contribution in [0.15, 0.2) is 53.4 Å². The number of hydrogen-bond donors (Lipinski definition) is 0. The van der Waals surface area contributed by atoms with E-state index in [9.17, 15) is 4.79 Å². The number of carbonyl (C=O) groups excluding carboxylic acids is 1. The Morgan fingerprint density at radius 2 is 1.91 bits per heavy atom. The Morgan fingerprint density at radius 3 is 2.65 bits per heavy atom. The van der Waals surface area contributed by atoms with E-state index in [0.717, 1.165) is 23.7 Å². The molecule has 0 atom stereocenters. The molecule has 3 nitrogen and oxygen atoms in total. The van der Waals surface area contributed by atoms with Crippen LogP contribution >= 0.6 is 11.8 Å². The van der Waals surface area contributed by atoms with Gasteiger partial charge in [0.1, 0.15) is 5.75 Å². The van der Waals surface area contributed by atoms with Crippen LogP contribution in [-0.2, 0) is 0 Å². The van der Waals surface area contributed by atoms with E-state index in [1.165, 1.54) is 4.90 Å². The molecule has 0 spiro atoms. The molecule has 0 aromatic heterocycles. The van der Waals surface area contributed by atoms with Crippen molar-refractivity contribution in [2.75, 3.05) is 23.8 Å². The molecule has 0 bridgehead atoms. The minimum Gasteiger partial charge on any atom is -0.493 e. The molecule has 1 amide bonds. The Balaban J connectivity index is 1.76. The highest BCUT2D eigenvalue weighted by molar-refractivity contribution is 7.99. The average Bonchev–Trinajstić information content (AvgIpc) is 2.59. The average molecular weight is 327 g/mol. The van der Waals surface area contributed by atoms with E-state index in [1.807, 2.05) is 47.4 Å². The third-order valence-electron chi connectivity index (χ3n) is 3.66. The van der Waals surface area contributed by atoms with E-state index in [0.29, 0.717) is 18.1 Å². The molecule has 3 rings (SSSR count). The molecule has 2 aromatic carbocycles. The predicted octanol–water partition coefficient (Wildman–Crippen LogP) is 4.47. The number of ether oxygens (including phenoxy) is 1. The molecular formula is C19H21NO2S. The standard InChI is InChI=1S/C19H21NO2S/c1-14(2)13-22-16-9-7-15(8-10-16)19(21)20-11-12-23-18-6-4-3-5-17(18)20/h3-10,14H,11-13H2,1-2H3. The largest absolute Gasteiger partial charge is 0.493 e. The molecule has 0 fully saturated rings. The third-order valence-corrected chi connectivity index (χ3v) is 4.70. The fourth-order valence-electron chi connectivity index (χ4n) is 2.49. The second kappa shape index (κ2) is 7.09. The van der Waals surface area contributed by atoms with Gasteiger partial charge in [0, 0.05) is 22.8 Å². The van der Waals surface area contributed by atoms with Crippen LogP contribution in [0.2, 0.25) is 0 Å². The van der Waals surface area contributed by atoms with Gasteiger partial charge in [-0.25, -0.2) is 0 Å². The van der Waals surface area contributed by atoms with Gasteiger partial charge in [-0.3, -0.25) is 4.79 Å². The van der Waals surface area contributed by atoms with Crippen molar-refractivity contribution in [3.63, 3.8) is 0 Å². The zero-order chi connectivity index (χ0) is 16.2. The van der Waals surface area contributed by atoms with Crippen LogP contribution in [-0.4, -0.2) is 24.8 Å². The summed E-state index contributed by atoms with van der Waals surface area (Å²) in [5.41, 5.74) is 1.71. The number of thioether (sulfide) groups is 1. The number of hydrogen-bond acceptors (Lipinski definition) is 3. The minimum absolute atomic E-state index is 0.0492. The summed E-state index contributed by atoms with van der Waals surface area (Å²) in [5.74, 6) is 2.27. The van der Waals surface area contributed by atoms with E-state index < -0.39 is 0 Å². The third kappa shape index (κ3) is 3.70. The van der Waals surface area contributed by atoms with Gasteiger partial charge in [-0.05, 0) is 42.3 Å². The number of rotatable bonds is 4. The molecule has 0 radical (unpaired) electrons. The van der Waals surface area contributed by atoms with Gasteiger partial charge in [-0.1, -0.05) is 26.0 Å². The highest BCUT2D eigenvalue weighted by atomic mass is 32.2. The van der Waals surface area contributed by atoms with Crippen LogP contribution in [0, 0.1) is 5.92 Å². The van der Waals surface area contributed by atoms with Gasteiger partial charge >= 0.3 is 0 Å². The molecule has 1 aliphatic heterocycles. The normalized spacial score (nSPS) is 13.8. The molecule has 0 saturated heterocycles. The summed E-state index contributed by atoms with van der Waals surface area (Å²) in [5, 5.41) is 0. The van der Waals surface area contributed by atoms with Crippen LogP contribution in [0.5, 0.6) is 5.75 Å². The second-order valence-corrected chi connectivity index (χ2v) is 7.14. The summed E-state index contributed by atoms with van der Waals surface area (Å²) in [6, 6.07) is 15.5. The summed E-state index contributed by atoms with van der Waals surface area (Å²) < 4.78 is 5.68. The van der Waals surface area contributed by atoms with Gasteiger partial charge < -0.3 is 9.64 Å². The molecule has 0 unspecified atom stereocenters. The number of nitrogens with zero attached hydrogens (tertiary/aromatic N) is 1. The minimum atomic E-state index is 0.0492. The van der Waals surface area contributed by atoms with E-state index in [2.05, 4.69) is 19.9 Å². The molecule has 120 valence electrons. The monoisotopic (exact) mass is 327 g/mol. The van der Waals surface area contributed by atoms with Gasteiger partial charge in [0.15, 0.2) is 0 Å². The predicted molar refractivity (Wildman–Crippen MR) is 95.6 cm³/mol. The summed E-state index contributed by atoms with van der Waals surface area (Å²) in [4.78, 5) is 15.9. The van der Waals surface area contributed by atoms with E-state index in [4.69, 9.17) is 4.74 Å². The molecule has 4 heteroatoms. The molecule has 1 heterocycles. The smallest absolute Gasteiger partial charge is 0.258 e.